The molecule has 0 N–H and O–H groups in total. The molecule has 0 saturated carbocycles. The molecule has 0 aliphatic carbocycles. The van der Waals surface area contributed by atoms with E-state index in [4.69, 9.17) is 4.74 Å². The Balaban J connectivity index is 1.26. The number of amides is 1. The van der Waals surface area contributed by atoms with Gasteiger partial charge in [-0.25, -0.2) is 9.50 Å². The van der Waals surface area contributed by atoms with Crippen molar-refractivity contribution in [3.8, 4) is 10.6 Å². The minimum Gasteiger partial charge on any atom is -0.370 e. The zero-order valence-electron chi connectivity index (χ0n) is 16.8. The SMILES string of the molecule is O=C(c1cccc2ncnn12)N1CCC2(CC1)OCCc1sc(-c3cnccn3)cc12. The van der Waals surface area contributed by atoms with Crippen LogP contribution in [0.2, 0.25) is 0 Å². The summed E-state index contributed by atoms with van der Waals surface area (Å²) < 4.78 is 7.98. The molecule has 1 saturated heterocycles. The summed E-state index contributed by atoms with van der Waals surface area (Å²) in [6.07, 6.45) is 9.15. The van der Waals surface area contributed by atoms with E-state index in [-0.39, 0.29) is 11.5 Å². The summed E-state index contributed by atoms with van der Waals surface area (Å²) in [5.41, 5.74) is 3.03. The molecule has 0 unspecified atom stereocenters. The number of hydrogen-bond donors (Lipinski definition) is 0. The van der Waals surface area contributed by atoms with Crippen molar-refractivity contribution in [2.24, 2.45) is 0 Å². The van der Waals surface area contributed by atoms with Gasteiger partial charge >= 0.3 is 0 Å². The maximum Gasteiger partial charge on any atom is 0.272 e. The second-order valence-corrected chi connectivity index (χ2v) is 9.00. The number of piperidine rings is 1. The maximum absolute atomic E-state index is 13.2. The van der Waals surface area contributed by atoms with Crippen molar-refractivity contribution in [3.63, 3.8) is 0 Å². The van der Waals surface area contributed by atoms with Gasteiger partial charge in [-0.05, 0) is 36.6 Å². The van der Waals surface area contributed by atoms with Crippen LogP contribution in [0.5, 0.6) is 0 Å². The molecule has 0 radical (unpaired) electrons. The van der Waals surface area contributed by atoms with Crippen molar-refractivity contribution in [2.75, 3.05) is 19.7 Å². The Kier molecular flexibility index (Phi) is 4.32. The average molecular weight is 433 g/mol. The van der Waals surface area contributed by atoms with Gasteiger partial charge in [-0.2, -0.15) is 5.10 Å². The van der Waals surface area contributed by atoms with E-state index in [1.54, 1.807) is 40.5 Å². The third-order valence-corrected chi connectivity index (χ3v) is 7.42. The van der Waals surface area contributed by atoms with Crippen molar-refractivity contribution in [2.45, 2.75) is 24.9 Å². The van der Waals surface area contributed by atoms with Gasteiger partial charge in [-0.1, -0.05) is 6.07 Å². The summed E-state index contributed by atoms with van der Waals surface area (Å²) >= 11 is 1.78. The van der Waals surface area contributed by atoms with E-state index < -0.39 is 0 Å². The molecular formula is C22H20N6O2S. The van der Waals surface area contributed by atoms with E-state index in [1.165, 1.54) is 16.8 Å². The predicted octanol–water partition coefficient (Wildman–Crippen LogP) is 2.95. The van der Waals surface area contributed by atoms with Crippen LogP contribution in [0, 0.1) is 0 Å². The molecule has 0 atom stereocenters. The lowest BCUT2D eigenvalue weighted by Crippen LogP contribution is -2.48. The fourth-order valence-corrected chi connectivity index (χ4v) is 5.82. The molecule has 6 heterocycles. The van der Waals surface area contributed by atoms with Crippen LogP contribution in [0.4, 0.5) is 0 Å². The molecule has 4 aromatic heterocycles. The number of fused-ring (bicyclic) bond motifs is 3. The Labute approximate surface area is 182 Å². The summed E-state index contributed by atoms with van der Waals surface area (Å²) in [5, 5.41) is 4.20. The van der Waals surface area contributed by atoms with Gasteiger partial charge in [-0.15, -0.1) is 11.3 Å². The Hall–Kier alpha value is -3.17. The highest BCUT2D eigenvalue weighted by molar-refractivity contribution is 7.15. The summed E-state index contributed by atoms with van der Waals surface area (Å²) in [4.78, 5) is 30.4. The predicted molar refractivity (Wildman–Crippen MR) is 115 cm³/mol. The summed E-state index contributed by atoms with van der Waals surface area (Å²) in [6.45, 7) is 1.99. The summed E-state index contributed by atoms with van der Waals surface area (Å²) in [7, 11) is 0. The second-order valence-electron chi connectivity index (χ2n) is 7.86. The van der Waals surface area contributed by atoms with Crippen LogP contribution in [0.15, 0.2) is 49.2 Å². The zero-order valence-corrected chi connectivity index (χ0v) is 17.6. The van der Waals surface area contributed by atoms with Crippen LogP contribution >= 0.6 is 11.3 Å². The molecule has 1 spiro atoms. The zero-order chi connectivity index (χ0) is 20.8. The smallest absolute Gasteiger partial charge is 0.272 e. The third-order valence-electron chi connectivity index (χ3n) is 6.20. The van der Waals surface area contributed by atoms with E-state index in [0.717, 1.165) is 29.8 Å². The highest BCUT2D eigenvalue weighted by Gasteiger charge is 2.43. The number of aromatic nitrogens is 5. The normalized spacial score (nSPS) is 17.7. The van der Waals surface area contributed by atoms with Gasteiger partial charge in [0.15, 0.2) is 5.65 Å². The molecule has 0 bridgehead atoms. The van der Waals surface area contributed by atoms with E-state index in [2.05, 4.69) is 26.1 Å². The van der Waals surface area contributed by atoms with E-state index >= 15 is 0 Å². The molecule has 1 amide bonds. The number of likely N-dealkylation sites (tertiary alicyclic amines) is 1. The number of rotatable bonds is 2. The van der Waals surface area contributed by atoms with Crippen molar-refractivity contribution in [1.82, 2.24) is 29.5 Å². The molecule has 0 aromatic carbocycles. The fourth-order valence-electron chi connectivity index (χ4n) is 4.62. The van der Waals surface area contributed by atoms with Crippen LogP contribution < -0.4 is 0 Å². The Morgan fingerprint density at radius 1 is 1.16 bits per heavy atom. The van der Waals surface area contributed by atoms with Crippen LogP contribution in [0.1, 0.15) is 33.8 Å². The van der Waals surface area contributed by atoms with Crippen LogP contribution in [-0.2, 0) is 16.8 Å². The highest BCUT2D eigenvalue weighted by atomic mass is 32.1. The van der Waals surface area contributed by atoms with Gasteiger partial charge in [0, 0.05) is 36.8 Å². The van der Waals surface area contributed by atoms with Gasteiger partial charge in [0.2, 0.25) is 0 Å². The molecule has 1 fully saturated rings. The highest BCUT2D eigenvalue weighted by Crippen LogP contribution is 2.46. The number of thiophene rings is 1. The number of ether oxygens (including phenoxy) is 1. The van der Waals surface area contributed by atoms with Gasteiger partial charge in [0.1, 0.15) is 12.0 Å². The fraction of sp³-hybridized carbons (Fsp3) is 0.318. The van der Waals surface area contributed by atoms with Crippen molar-refractivity contribution < 1.29 is 9.53 Å². The Bertz CT molecular complexity index is 1260. The van der Waals surface area contributed by atoms with Crippen molar-refractivity contribution >= 4 is 22.9 Å². The third kappa shape index (κ3) is 3.03. The summed E-state index contributed by atoms with van der Waals surface area (Å²) in [5.74, 6) is -0.0208. The van der Waals surface area contributed by atoms with Gasteiger partial charge in [0.05, 0.1) is 29.0 Å². The largest absolute Gasteiger partial charge is 0.370 e. The molecule has 4 aromatic rings. The lowest BCUT2D eigenvalue weighted by Gasteiger charge is -2.44. The Morgan fingerprint density at radius 2 is 2.06 bits per heavy atom. The quantitative estimate of drug-likeness (QED) is 0.484. The first-order valence-corrected chi connectivity index (χ1v) is 11.2. The number of carbonyl (C=O) groups excluding carboxylic acids is 1. The number of pyridine rings is 1. The minimum absolute atomic E-state index is 0.0208. The molecule has 31 heavy (non-hydrogen) atoms. The van der Waals surface area contributed by atoms with Gasteiger partial charge in [0.25, 0.3) is 5.91 Å². The number of carbonyl (C=O) groups is 1. The topological polar surface area (TPSA) is 85.5 Å². The average Bonchev–Trinajstić information content (AvgIpc) is 3.48. The Morgan fingerprint density at radius 3 is 2.90 bits per heavy atom. The minimum atomic E-state index is -0.333. The van der Waals surface area contributed by atoms with Crippen LogP contribution in [0.25, 0.3) is 16.2 Å². The van der Waals surface area contributed by atoms with Crippen molar-refractivity contribution in [1.29, 1.82) is 0 Å². The van der Waals surface area contributed by atoms with Crippen molar-refractivity contribution in [3.05, 3.63) is 65.3 Å². The first kappa shape index (κ1) is 18.6. The molecule has 9 heteroatoms. The molecule has 6 rings (SSSR count). The summed E-state index contributed by atoms with van der Waals surface area (Å²) in [6, 6.07) is 7.71. The van der Waals surface area contributed by atoms with E-state index in [0.29, 0.717) is 31.0 Å². The van der Waals surface area contributed by atoms with E-state index in [9.17, 15) is 4.79 Å². The van der Waals surface area contributed by atoms with Gasteiger partial charge in [-0.3, -0.25) is 14.8 Å². The maximum atomic E-state index is 13.2. The lowest BCUT2D eigenvalue weighted by atomic mass is 9.82. The van der Waals surface area contributed by atoms with Crippen LogP contribution in [-0.4, -0.2) is 55.1 Å². The second kappa shape index (κ2) is 7.21. The number of hydrogen-bond acceptors (Lipinski definition) is 7. The first-order valence-electron chi connectivity index (χ1n) is 10.4. The monoisotopic (exact) mass is 432 g/mol. The first-order chi connectivity index (χ1) is 15.2. The standard InChI is InChI=1S/C22H20N6O2S/c29-21(17-2-1-3-20-25-14-26-28(17)20)27-9-5-22(6-10-27)15-12-19(16-13-23-7-8-24-16)31-18(15)4-11-30-22/h1-3,7-8,12-14H,4-6,9-11H2. The molecule has 156 valence electrons. The molecule has 8 nitrogen and oxygen atoms in total. The van der Waals surface area contributed by atoms with Crippen LogP contribution in [0.3, 0.4) is 0 Å². The molecule has 2 aliphatic heterocycles. The van der Waals surface area contributed by atoms with Gasteiger partial charge < -0.3 is 9.64 Å². The lowest BCUT2D eigenvalue weighted by molar-refractivity contribution is -0.0926. The molecule has 2 aliphatic rings. The number of nitrogens with zero attached hydrogens (tertiary/aromatic N) is 6. The molecular weight excluding hydrogens is 412 g/mol. The van der Waals surface area contributed by atoms with E-state index in [1.807, 2.05) is 17.0 Å².